The summed E-state index contributed by atoms with van der Waals surface area (Å²) in [6.07, 6.45) is 0. The highest BCUT2D eigenvalue weighted by Gasteiger charge is 2.18. The molecule has 18 heavy (non-hydrogen) atoms. The van der Waals surface area contributed by atoms with Gasteiger partial charge in [-0.3, -0.25) is 4.79 Å². The van der Waals surface area contributed by atoms with Gasteiger partial charge in [0.25, 0.3) is 5.91 Å². The molecule has 0 aliphatic heterocycles. The number of aromatic nitrogens is 1. The number of hydrogen-bond acceptors (Lipinski definition) is 2. The second kappa shape index (κ2) is 5.78. The number of nitrogens with zero attached hydrogens (tertiary/aromatic N) is 1. The first-order valence-corrected chi connectivity index (χ1v) is 7.11. The first-order chi connectivity index (χ1) is 8.61. The van der Waals surface area contributed by atoms with Crippen molar-refractivity contribution < 1.29 is 4.79 Å². The van der Waals surface area contributed by atoms with Crippen molar-refractivity contribution in [3.05, 3.63) is 44.3 Å². The van der Waals surface area contributed by atoms with Gasteiger partial charge in [-0.05, 0) is 24.4 Å². The van der Waals surface area contributed by atoms with Crippen LogP contribution in [0, 0.1) is 0 Å². The molecule has 2 heterocycles. The summed E-state index contributed by atoms with van der Waals surface area (Å²) in [5.41, 5.74) is 0.420. The number of nitrogens with one attached hydrogen (secondary N) is 1. The minimum atomic E-state index is -0.0975. The first kappa shape index (κ1) is 13.5. The van der Waals surface area contributed by atoms with Gasteiger partial charge in [0.1, 0.15) is 10.8 Å². The Morgan fingerprint density at radius 2 is 2.28 bits per heavy atom. The van der Waals surface area contributed by atoms with Crippen LogP contribution in [-0.2, 0) is 6.54 Å². The summed E-state index contributed by atoms with van der Waals surface area (Å²) in [4.78, 5) is 17.9. The summed E-state index contributed by atoms with van der Waals surface area (Å²) in [5.74, 6) is -0.0975. The third-order valence-corrected chi connectivity index (χ3v) is 4.11. The van der Waals surface area contributed by atoms with Crippen molar-refractivity contribution in [3.63, 3.8) is 0 Å². The molecule has 0 atom stereocenters. The minimum Gasteiger partial charge on any atom is -0.340 e. The largest absolute Gasteiger partial charge is 0.340 e. The van der Waals surface area contributed by atoms with E-state index in [0.29, 0.717) is 29.0 Å². The Kier molecular flexibility index (Phi) is 4.32. The summed E-state index contributed by atoms with van der Waals surface area (Å²) in [5, 5.41) is 2.66. The highest BCUT2D eigenvalue weighted by atomic mass is 35.5. The smallest absolute Gasteiger partial charge is 0.270 e. The average Bonchev–Trinajstić information content (AvgIpc) is 2.96. The minimum absolute atomic E-state index is 0.0975. The Labute approximate surface area is 119 Å². The van der Waals surface area contributed by atoms with Crippen LogP contribution in [0.5, 0.6) is 0 Å². The van der Waals surface area contributed by atoms with E-state index in [0.717, 1.165) is 4.88 Å². The van der Waals surface area contributed by atoms with Gasteiger partial charge < -0.3 is 9.88 Å². The zero-order chi connectivity index (χ0) is 13.1. The van der Waals surface area contributed by atoms with E-state index in [2.05, 4.69) is 4.98 Å². The van der Waals surface area contributed by atoms with Crippen molar-refractivity contribution in [3.8, 4) is 0 Å². The van der Waals surface area contributed by atoms with Gasteiger partial charge in [-0.25, -0.2) is 0 Å². The van der Waals surface area contributed by atoms with Gasteiger partial charge in [-0.1, -0.05) is 29.3 Å². The van der Waals surface area contributed by atoms with Gasteiger partial charge in [0, 0.05) is 11.4 Å². The number of aromatic amines is 1. The molecule has 0 unspecified atom stereocenters. The molecule has 1 N–H and O–H groups in total. The molecular formula is C12H12Cl2N2OS. The molecule has 0 aliphatic rings. The number of carbonyl (C=O) groups is 1. The van der Waals surface area contributed by atoms with E-state index in [1.165, 1.54) is 0 Å². The summed E-state index contributed by atoms with van der Waals surface area (Å²) < 4.78 is 0. The van der Waals surface area contributed by atoms with Crippen LogP contribution >= 0.6 is 34.5 Å². The molecule has 0 aromatic carbocycles. The van der Waals surface area contributed by atoms with Crippen LogP contribution in [0.3, 0.4) is 0 Å². The van der Waals surface area contributed by atoms with Crippen LogP contribution in [0.15, 0.2) is 23.6 Å². The number of amides is 1. The molecule has 0 radical (unpaired) electrons. The van der Waals surface area contributed by atoms with Gasteiger partial charge >= 0.3 is 0 Å². The Balaban J connectivity index is 2.15. The molecule has 2 rings (SSSR count). The Morgan fingerprint density at radius 3 is 2.78 bits per heavy atom. The lowest BCUT2D eigenvalue weighted by atomic mass is 10.3. The van der Waals surface area contributed by atoms with Crippen LogP contribution in [0.1, 0.15) is 22.3 Å². The van der Waals surface area contributed by atoms with E-state index >= 15 is 0 Å². The van der Waals surface area contributed by atoms with Crippen LogP contribution in [0.2, 0.25) is 10.2 Å². The molecule has 6 heteroatoms. The topological polar surface area (TPSA) is 36.1 Å². The van der Waals surface area contributed by atoms with Crippen molar-refractivity contribution in [2.45, 2.75) is 13.5 Å². The highest BCUT2D eigenvalue weighted by Crippen LogP contribution is 2.23. The molecule has 1 amide bonds. The Hall–Kier alpha value is -0.970. The van der Waals surface area contributed by atoms with Crippen LogP contribution in [0.4, 0.5) is 0 Å². The molecule has 2 aromatic heterocycles. The lowest BCUT2D eigenvalue weighted by Gasteiger charge is -2.19. The summed E-state index contributed by atoms with van der Waals surface area (Å²) in [6, 6.07) is 5.54. The predicted molar refractivity (Wildman–Crippen MR) is 75.5 cm³/mol. The number of halogens is 2. The maximum atomic E-state index is 12.2. The normalized spacial score (nSPS) is 10.6. The van der Waals surface area contributed by atoms with E-state index in [-0.39, 0.29) is 5.91 Å². The molecule has 2 aromatic rings. The van der Waals surface area contributed by atoms with E-state index in [9.17, 15) is 4.79 Å². The second-order valence-corrected chi connectivity index (χ2v) is 5.56. The number of carbonyl (C=O) groups excluding carboxylic acids is 1. The SMILES string of the molecule is CCN(Cc1cccs1)C(=O)c1cc(Cl)c(Cl)[nH]1. The fourth-order valence-electron chi connectivity index (χ4n) is 1.61. The molecule has 96 valence electrons. The zero-order valence-electron chi connectivity index (χ0n) is 9.74. The zero-order valence-corrected chi connectivity index (χ0v) is 12.1. The monoisotopic (exact) mass is 302 g/mol. The molecule has 0 saturated heterocycles. The summed E-state index contributed by atoms with van der Waals surface area (Å²) in [6.45, 7) is 3.17. The number of H-pyrrole nitrogens is 1. The van der Waals surface area contributed by atoms with Crippen molar-refractivity contribution in [1.82, 2.24) is 9.88 Å². The standard InChI is InChI=1S/C12H12Cl2N2OS/c1-2-16(7-8-4-3-5-18-8)12(17)10-6-9(13)11(14)15-10/h3-6,15H,2,7H2,1H3. The van der Waals surface area contributed by atoms with Crippen LogP contribution in [0.25, 0.3) is 0 Å². The summed E-state index contributed by atoms with van der Waals surface area (Å²) in [7, 11) is 0. The maximum Gasteiger partial charge on any atom is 0.270 e. The average molecular weight is 303 g/mol. The molecule has 0 fully saturated rings. The molecule has 0 bridgehead atoms. The van der Waals surface area contributed by atoms with Gasteiger partial charge in [0.05, 0.1) is 11.6 Å². The number of hydrogen-bond donors (Lipinski definition) is 1. The van der Waals surface area contributed by atoms with E-state index in [1.807, 2.05) is 24.4 Å². The third-order valence-electron chi connectivity index (χ3n) is 2.55. The Morgan fingerprint density at radius 1 is 1.50 bits per heavy atom. The Bertz CT molecular complexity index is 517. The van der Waals surface area contributed by atoms with E-state index < -0.39 is 0 Å². The molecule has 0 saturated carbocycles. The van der Waals surface area contributed by atoms with Crippen LogP contribution in [-0.4, -0.2) is 22.3 Å². The first-order valence-electron chi connectivity index (χ1n) is 5.47. The fourth-order valence-corrected chi connectivity index (χ4v) is 2.64. The number of rotatable bonds is 4. The molecule has 3 nitrogen and oxygen atoms in total. The van der Waals surface area contributed by atoms with Crippen LogP contribution < -0.4 is 0 Å². The van der Waals surface area contributed by atoms with E-state index in [4.69, 9.17) is 23.2 Å². The number of thiophene rings is 1. The van der Waals surface area contributed by atoms with Crippen molar-refractivity contribution in [2.24, 2.45) is 0 Å². The summed E-state index contributed by atoms with van der Waals surface area (Å²) >= 11 is 13.3. The predicted octanol–water partition coefficient (Wildman–Crippen LogP) is 4.05. The second-order valence-electron chi connectivity index (χ2n) is 3.74. The van der Waals surface area contributed by atoms with Gasteiger partial charge in [-0.15, -0.1) is 11.3 Å². The highest BCUT2D eigenvalue weighted by molar-refractivity contribution is 7.09. The van der Waals surface area contributed by atoms with Crippen molar-refractivity contribution >= 4 is 40.4 Å². The lowest BCUT2D eigenvalue weighted by molar-refractivity contribution is 0.0749. The molecule has 0 aliphatic carbocycles. The quantitative estimate of drug-likeness (QED) is 0.909. The third kappa shape index (κ3) is 2.88. The molecular weight excluding hydrogens is 291 g/mol. The lowest BCUT2D eigenvalue weighted by Crippen LogP contribution is -2.30. The maximum absolute atomic E-state index is 12.2. The molecule has 0 spiro atoms. The van der Waals surface area contributed by atoms with Gasteiger partial charge in [0.2, 0.25) is 0 Å². The van der Waals surface area contributed by atoms with Crippen molar-refractivity contribution in [1.29, 1.82) is 0 Å². The van der Waals surface area contributed by atoms with Gasteiger partial charge in [0.15, 0.2) is 0 Å². The van der Waals surface area contributed by atoms with Gasteiger partial charge in [-0.2, -0.15) is 0 Å². The van der Waals surface area contributed by atoms with Crippen molar-refractivity contribution in [2.75, 3.05) is 6.54 Å². The van der Waals surface area contributed by atoms with E-state index in [1.54, 1.807) is 22.3 Å². The fraction of sp³-hybridized carbons (Fsp3) is 0.250.